The van der Waals surface area contributed by atoms with Crippen LogP contribution in [0, 0.1) is 19.7 Å². The summed E-state index contributed by atoms with van der Waals surface area (Å²) in [5.74, 6) is -0.125. The second-order valence-corrected chi connectivity index (χ2v) is 4.10. The summed E-state index contributed by atoms with van der Waals surface area (Å²) in [4.78, 5) is 0. The van der Waals surface area contributed by atoms with E-state index >= 15 is 0 Å². The molecule has 0 fully saturated rings. The number of aromatic nitrogens is 2. The molecule has 0 saturated carbocycles. The second kappa shape index (κ2) is 3.79. The zero-order valence-corrected chi connectivity index (χ0v) is 9.69. The minimum absolute atomic E-state index is 0.103. The van der Waals surface area contributed by atoms with Gasteiger partial charge in [-0.3, -0.25) is 5.10 Å². The predicted molar refractivity (Wildman–Crippen MR) is 62.9 cm³/mol. The van der Waals surface area contributed by atoms with E-state index in [9.17, 15) is 4.39 Å². The van der Waals surface area contributed by atoms with Crippen LogP contribution in [-0.4, -0.2) is 10.2 Å². The van der Waals surface area contributed by atoms with E-state index in [-0.39, 0.29) is 5.02 Å². The lowest BCUT2D eigenvalue weighted by atomic mass is 10.0. The van der Waals surface area contributed by atoms with Crippen LogP contribution in [-0.2, 0) is 0 Å². The lowest BCUT2D eigenvalue weighted by Crippen LogP contribution is -1.94. The summed E-state index contributed by atoms with van der Waals surface area (Å²) in [6, 6.07) is 3.19. The van der Waals surface area contributed by atoms with Gasteiger partial charge < -0.3 is 5.73 Å². The SMILES string of the molecule is Cc1cc(Cl)c(F)c(-c2cc(N)n[nH]2)c1C. The van der Waals surface area contributed by atoms with Gasteiger partial charge in [-0.1, -0.05) is 11.6 Å². The molecule has 1 heterocycles. The van der Waals surface area contributed by atoms with E-state index < -0.39 is 5.82 Å². The number of nitrogens with zero attached hydrogens (tertiary/aromatic N) is 1. The van der Waals surface area contributed by atoms with Crippen molar-refractivity contribution >= 4 is 17.4 Å². The van der Waals surface area contributed by atoms with Crippen LogP contribution >= 0.6 is 11.6 Å². The van der Waals surface area contributed by atoms with E-state index in [1.807, 2.05) is 13.8 Å². The number of hydrogen-bond acceptors (Lipinski definition) is 2. The van der Waals surface area contributed by atoms with Crippen molar-refractivity contribution in [1.82, 2.24) is 10.2 Å². The molecular weight excluding hydrogens is 229 g/mol. The van der Waals surface area contributed by atoms with Gasteiger partial charge in [0, 0.05) is 11.6 Å². The van der Waals surface area contributed by atoms with Crippen molar-refractivity contribution in [2.24, 2.45) is 0 Å². The van der Waals surface area contributed by atoms with Crippen LogP contribution in [0.25, 0.3) is 11.3 Å². The Morgan fingerprint density at radius 1 is 1.38 bits per heavy atom. The minimum atomic E-state index is -0.451. The fourth-order valence-electron chi connectivity index (χ4n) is 1.63. The van der Waals surface area contributed by atoms with Crippen molar-refractivity contribution in [3.8, 4) is 11.3 Å². The molecule has 84 valence electrons. The van der Waals surface area contributed by atoms with Crippen molar-refractivity contribution in [1.29, 1.82) is 0 Å². The molecule has 0 radical (unpaired) electrons. The number of rotatable bonds is 1. The third-order valence-corrected chi connectivity index (χ3v) is 2.88. The van der Waals surface area contributed by atoms with E-state index in [0.717, 1.165) is 11.1 Å². The van der Waals surface area contributed by atoms with Gasteiger partial charge in [0.15, 0.2) is 5.82 Å². The number of anilines is 1. The standard InChI is InChI=1S/C11H11ClFN3/c1-5-3-7(12)11(13)10(6(5)2)8-4-9(14)16-15-8/h3-4H,1-2H3,(H3,14,15,16). The molecule has 0 spiro atoms. The van der Waals surface area contributed by atoms with Crippen LogP contribution in [0.4, 0.5) is 10.2 Å². The molecule has 0 aliphatic rings. The molecular formula is C11H11ClFN3. The van der Waals surface area contributed by atoms with Gasteiger partial charge in [-0.2, -0.15) is 5.10 Å². The first kappa shape index (κ1) is 11.0. The summed E-state index contributed by atoms with van der Waals surface area (Å²) in [5, 5.41) is 6.56. The Labute approximate surface area is 97.4 Å². The average molecular weight is 240 g/mol. The van der Waals surface area contributed by atoms with Crippen molar-refractivity contribution in [2.45, 2.75) is 13.8 Å². The van der Waals surface area contributed by atoms with E-state index in [4.69, 9.17) is 17.3 Å². The van der Waals surface area contributed by atoms with Crippen molar-refractivity contribution in [3.05, 3.63) is 34.1 Å². The lowest BCUT2D eigenvalue weighted by molar-refractivity contribution is 0.629. The molecule has 0 atom stereocenters. The highest BCUT2D eigenvalue weighted by Crippen LogP contribution is 2.32. The number of benzene rings is 1. The molecule has 3 nitrogen and oxygen atoms in total. The van der Waals surface area contributed by atoms with Gasteiger partial charge in [0.25, 0.3) is 0 Å². The number of nitrogen functional groups attached to an aromatic ring is 1. The first-order chi connectivity index (χ1) is 7.50. The Morgan fingerprint density at radius 2 is 2.06 bits per heavy atom. The van der Waals surface area contributed by atoms with Crippen LogP contribution in [0.2, 0.25) is 5.02 Å². The molecule has 0 aliphatic heterocycles. The molecule has 3 N–H and O–H groups in total. The van der Waals surface area contributed by atoms with Crippen molar-refractivity contribution in [2.75, 3.05) is 5.73 Å². The molecule has 2 rings (SSSR count). The van der Waals surface area contributed by atoms with Gasteiger partial charge in [-0.25, -0.2) is 4.39 Å². The molecule has 0 aliphatic carbocycles. The maximum atomic E-state index is 13.9. The van der Waals surface area contributed by atoms with Crippen LogP contribution in [0.15, 0.2) is 12.1 Å². The molecule has 2 aromatic rings. The quantitative estimate of drug-likeness (QED) is 0.804. The van der Waals surface area contributed by atoms with Gasteiger partial charge in [-0.15, -0.1) is 0 Å². The molecule has 0 bridgehead atoms. The number of aryl methyl sites for hydroxylation is 1. The first-order valence-electron chi connectivity index (χ1n) is 4.77. The van der Waals surface area contributed by atoms with E-state index in [1.165, 1.54) is 0 Å². The molecule has 0 saturated heterocycles. The number of nitrogens with two attached hydrogens (primary N) is 1. The number of nitrogens with one attached hydrogen (secondary N) is 1. The molecule has 1 aromatic heterocycles. The predicted octanol–water partition coefficient (Wildman–Crippen LogP) is 3.07. The highest BCUT2D eigenvalue weighted by atomic mass is 35.5. The van der Waals surface area contributed by atoms with Crippen molar-refractivity contribution < 1.29 is 4.39 Å². The van der Waals surface area contributed by atoms with Crippen LogP contribution in [0.1, 0.15) is 11.1 Å². The number of halogens is 2. The third kappa shape index (κ3) is 1.65. The van der Waals surface area contributed by atoms with Crippen LogP contribution in [0.3, 0.4) is 0 Å². The monoisotopic (exact) mass is 239 g/mol. The Morgan fingerprint density at radius 3 is 2.62 bits per heavy atom. The molecule has 16 heavy (non-hydrogen) atoms. The average Bonchev–Trinajstić information content (AvgIpc) is 2.62. The van der Waals surface area contributed by atoms with E-state index in [1.54, 1.807) is 12.1 Å². The van der Waals surface area contributed by atoms with E-state index in [2.05, 4.69) is 10.2 Å². The highest BCUT2D eigenvalue weighted by Gasteiger charge is 2.16. The fourth-order valence-corrected chi connectivity index (χ4v) is 1.89. The van der Waals surface area contributed by atoms with Gasteiger partial charge in [0.1, 0.15) is 5.82 Å². The van der Waals surface area contributed by atoms with Gasteiger partial charge >= 0.3 is 0 Å². The second-order valence-electron chi connectivity index (χ2n) is 3.70. The Bertz CT molecular complexity index is 522. The summed E-state index contributed by atoms with van der Waals surface area (Å²) in [6.07, 6.45) is 0. The Kier molecular flexibility index (Phi) is 2.59. The van der Waals surface area contributed by atoms with Gasteiger partial charge in [0.05, 0.1) is 10.7 Å². The normalized spacial score (nSPS) is 10.8. The van der Waals surface area contributed by atoms with Crippen LogP contribution in [0.5, 0.6) is 0 Å². The number of H-pyrrole nitrogens is 1. The summed E-state index contributed by atoms with van der Waals surface area (Å²) < 4.78 is 13.9. The summed E-state index contributed by atoms with van der Waals surface area (Å²) in [5.41, 5.74) is 8.21. The third-order valence-electron chi connectivity index (χ3n) is 2.61. The molecule has 1 aromatic carbocycles. The maximum absolute atomic E-state index is 13.9. The van der Waals surface area contributed by atoms with Gasteiger partial charge in [0.2, 0.25) is 0 Å². The number of aromatic amines is 1. The van der Waals surface area contributed by atoms with Crippen LogP contribution < -0.4 is 5.73 Å². The van der Waals surface area contributed by atoms with E-state index in [0.29, 0.717) is 17.1 Å². The summed E-state index contributed by atoms with van der Waals surface area (Å²) >= 11 is 5.81. The zero-order valence-electron chi connectivity index (χ0n) is 8.94. The topological polar surface area (TPSA) is 54.7 Å². The fraction of sp³-hybridized carbons (Fsp3) is 0.182. The summed E-state index contributed by atoms with van der Waals surface area (Å²) in [6.45, 7) is 3.71. The Balaban J connectivity index is 2.73. The Hall–Kier alpha value is -1.55. The summed E-state index contributed by atoms with van der Waals surface area (Å²) in [7, 11) is 0. The number of hydrogen-bond donors (Lipinski definition) is 2. The largest absolute Gasteiger partial charge is 0.382 e. The lowest BCUT2D eigenvalue weighted by Gasteiger charge is -2.09. The van der Waals surface area contributed by atoms with Crippen molar-refractivity contribution in [3.63, 3.8) is 0 Å². The molecule has 0 amide bonds. The highest BCUT2D eigenvalue weighted by molar-refractivity contribution is 6.31. The molecule has 5 heteroatoms. The maximum Gasteiger partial charge on any atom is 0.151 e. The minimum Gasteiger partial charge on any atom is -0.382 e. The van der Waals surface area contributed by atoms with Gasteiger partial charge in [-0.05, 0) is 31.0 Å². The zero-order chi connectivity index (χ0) is 11.9. The smallest absolute Gasteiger partial charge is 0.151 e. The molecule has 0 unspecified atom stereocenters. The first-order valence-corrected chi connectivity index (χ1v) is 5.15.